The standard InChI is InChI=1S/C26H35FN6O4/c1-13-6-19(32-31-13)28-23-20(27)21(18-9-15(4-5-37-18)24(34)36-3)29-25(30-23)33(2)22-16-7-14-8-17(22)12-26(35,10-14)11-16/h6,14-18,22,35H,4-5,7-12H2,1-3H3,(H2,28,29,30,31,32)/t14?,15-,16?,17?,18+,22?,26?/m0/s1. The molecule has 4 bridgehead atoms. The predicted molar refractivity (Wildman–Crippen MR) is 133 cm³/mol. The highest BCUT2D eigenvalue weighted by Gasteiger charge is 2.56. The molecule has 2 unspecified atom stereocenters. The maximum Gasteiger partial charge on any atom is 0.308 e. The molecule has 4 saturated carbocycles. The van der Waals surface area contributed by atoms with Gasteiger partial charge in [0.05, 0.1) is 18.6 Å². The lowest BCUT2D eigenvalue weighted by Gasteiger charge is -2.59. The van der Waals surface area contributed by atoms with E-state index in [2.05, 4.69) is 25.4 Å². The molecule has 10 nitrogen and oxygen atoms in total. The highest BCUT2D eigenvalue weighted by atomic mass is 19.1. The predicted octanol–water partition coefficient (Wildman–Crippen LogP) is 3.41. The van der Waals surface area contributed by atoms with Crippen LogP contribution in [-0.4, -0.2) is 63.6 Å². The number of carbonyl (C=O) groups is 1. The molecular formula is C26H35FN6O4. The first-order valence-electron chi connectivity index (χ1n) is 13.2. The molecule has 200 valence electrons. The number of nitrogens with one attached hydrogen (secondary N) is 2. The Morgan fingerprint density at radius 2 is 2.03 bits per heavy atom. The van der Waals surface area contributed by atoms with Crippen molar-refractivity contribution in [1.82, 2.24) is 20.2 Å². The van der Waals surface area contributed by atoms with Crippen LogP contribution in [0.25, 0.3) is 0 Å². The summed E-state index contributed by atoms with van der Waals surface area (Å²) in [7, 11) is 3.33. The Morgan fingerprint density at radius 3 is 2.68 bits per heavy atom. The number of rotatable bonds is 6. The van der Waals surface area contributed by atoms with Crippen LogP contribution in [0.3, 0.4) is 0 Å². The summed E-state index contributed by atoms with van der Waals surface area (Å²) in [6.45, 7) is 2.18. The molecule has 37 heavy (non-hydrogen) atoms. The summed E-state index contributed by atoms with van der Waals surface area (Å²) >= 11 is 0. The third-order valence-electron chi connectivity index (χ3n) is 8.89. The molecule has 3 N–H and O–H groups in total. The first-order valence-corrected chi connectivity index (χ1v) is 13.2. The maximum absolute atomic E-state index is 15.9. The minimum Gasteiger partial charge on any atom is -0.469 e. The number of hydrogen-bond donors (Lipinski definition) is 3. The summed E-state index contributed by atoms with van der Waals surface area (Å²) in [6.07, 6.45) is 4.77. The molecule has 4 atom stereocenters. The molecule has 2 aromatic rings. The Morgan fingerprint density at radius 1 is 1.27 bits per heavy atom. The smallest absolute Gasteiger partial charge is 0.308 e. The third kappa shape index (κ3) is 4.46. The van der Waals surface area contributed by atoms with Gasteiger partial charge in [0.15, 0.2) is 17.5 Å². The van der Waals surface area contributed by atoms with Gasteiger partial charge < -0.3 is 24.8 Å². The lowest BCUT2D eigenvalue weighted by atomic mass is 9.52. The lowest BCUT2D eigenvalue weighted by molar-refractivity contribution is -0.151. The summed E-state index contributed by atoms with van der Waals surface area (Å²) in [5, 5.41) is 21.1. The number of methoxy groups -OCH3 is 1. The van der Waals surface area contributed by atoms with Gasteiger partial charge in [-0.25, -0.2) is 9.37 Å². The zero-order valence-corrected chi connectivity index (χ0v) is 21.5. The van der Waals surface area contributed by atoms with Crippen molar-refractivity contribution in [2.75, 3.05) is 31.0 Å². The summed E-state index contributed by atoms with van der Waals surface area (Å²) < 4.78 is 26.8. The number of aryl methyl sites for hydroxylation is 1. The van der Waals surface area contributed by atoms with Gasteiger partial charge in [0, 0.05) is 31.5 Å². The van der Waals surface area contributed by atoms with Crippen molar-refractivity contribution in [2.45, 2.75) is 69.6 Å². The van der Waals surface area contributed by atoms with Gasteiger partial charge in [-0.15, -0.1) is 0 Å². The van der Waals surface area contributed by atoms with E-state index in [0.717, 1.165) is 37.8 Å². The van der Waals surface area contributed by atoms with E-state index in [0.29, 0.717) is 42.5 Å². The molecule has 5 fully saturated rings. The number of carbonyl (C=O) groups excluding carboxylic acids is 1. The number of aromatic nitrogens is 4. The van der Waals surface area contributed by atoms with Crippen molar-refractivity contribution in [1.29, 1.82) is 0 Å². The second-order valence-corrected chi connectivity index (χ2v) is 11.5. The van der Waals surface area contributed by atoms with E-state index >= 15 is 4.39 Å². The molecule has 11 heteroatoms. The second-order valence-electron chi connectivity index (χ2n) is 11.5. The molecule has 0 spiro atoms. The summed E-state index contributed by atoms with van der Waals surface area (Å²) in [5.74, 6) is 0.812. The molecule has 5 aliphatic rings. The van der Waals surface area contributed by atoms with Crippen molar-refractivity contribution in [3.8, 4) is 0 Å². The molecule has 1 aliphatic heterocycles. The average molecular weight is 515 g/mol. The molecule has 3 heterocycles. The fraction of sp³-hybridized carbons (Fsp3) is 0.692. The van der Waals surface area contributed by atoms with E-state index in [1.54, 1.807) is 6.07 Å². The van der Waals surface area contributed by atoms with Gasteiger partial charge in [-0.05, 0) is 69.6 Å². The highest BCUT2D eigenvalue weighted by Crippen LogP contribution is 2.57. The molecule has 4 aliphatic carbocycles. The minimum absolute atomic E-state index is 0.0181. The molecule has 1 saturated heterocycles. The fourth-order valence-electron chi connectivity index (χ4n) is 7.60. The number of aliphatic hydroxyl groups is 1. The van der Waals surface area contributed by atoms with Crippen LogP contribution in [0.4, 0.5) is 22.0 Å². The van der Waals surface area contributed by atoms with E-state index in [-0.39, 0.29) is 35.9 Å². The van der Waals surface area contributed by atoms with Crippen molar-refractivity contribution >= 4 is 23.6 Å². The van der Waals surface area contributed by atoms with E-state index in [1.165, 1.54) is 7.11 Å². The Balaban J connectivity index is 1.35. The Hall–Kier alpha value is -2.79. The Bertz CT molecular complexity index is 1170. The first-order chi connectivity index (χ1) is 17.7. The van der Waals surface area contributed by atoms with Crippen LogP contribution in [0.1, 0.15) is 62.4 Å². The van der Waals surface area contributed by atoms with Crippen LogP contribution in [0.5, 0.6) is 0 Å². The van der Waals surface area contributed by atoms with Gasteiger partial charge in [-0.2, -0.15) is 10.1 Å². The number of esters is 1. The van der Waals surface area contributed by atoms with E-state index < -0.39 is 17.5 Å². The third-order valence-corrected chi connectivity index (χ3v) is 8.89. The van der Waals surface area contributed by atoms with Crippen molar-refractivity contribution < 1.29 is 23.8 Å². The second kappa shape index (κ2) is 9.20. The summed E-state index contributed by atoms with van der Waals surface area (Å²) in [6, 6.07) is 1.94. The lowest BCUT2D eigenvalue weighted by Crippen LogP contribution is -2.61. The van der Waals surface area contributed by atoms with Crippen LogP contribution in [-0.2, 0) is 14.3 Å². The van der Waals surface area contributed by atoms with Crippen molar-refractivity contribution in [3.05, 3.63) is 23.3 Å². The van der Waals surface area contributed by atoms with Crippen LogP contribution in [0.15, 0.2) is 6.07 Å². The van der Waals surface area contributed by atoms with Crippen molar-refractivity contribution in [2.24, 2.45) is 23.7 Å². The number of anilines is 3. The van der Waals surface area contributed by atoms with E-state index in [1.807, 2.05) is 14.0 Å². The zero-order valence-electron chi connectivity index (χ0n) is 21.5. The van der Waals surface area contributed by atoms with Gasteiger partial charge in [-0.1, -0.05) is 0 Å². The number of hydrogen-bond acceptors (Lipinski definition) is 9. The fourth-order valence-corrected chi connectivity index (χ4v) is 7.60. The van der Waals surface area contributed by atoms with E-state index in [9.17, 15) is 9.90 Å². The quantitative estimate of drug-likeness (QED) is 0.497. The molecular weight excluding hydrogens is 479 g/mol. The molecule has 0 aromatic carbocycles. The molecule has 2 aromatic heterocycles. The largest absolute Gasteiger partial charge is 0.469 e. The number of nitrogens with zero attached hydrogens (tertiary/aromatic N) is 4. The van der Waals surface area contributed by atoms with Gasteiger partial charge in [0.25, 0.3) is 0 Å². The maximum atomic E-state index is 15.9. The molecule has 0 radical (unpaired) electrons. The van der Waals surface area contributed by atoms with Crippen molar-refractivity contribution in [3.63, 3.8) is 0 Å². The van der Waals surface area contributed by atoms with Gasteiger partial charge in [0.2, 0.25) is 5.95 Å². The highest BCUT2D eigenvalue weighted by molar-refractivity contribution is 5.72. The SMILES string of the molecule is COC(=O)[C@H]1CCO[C@@H](c2nc(N(C)C3C4CC5CC3CC(O)(C5)C4)nc(Nc3cc(C)[nH]n3)c2F)C1. The number of ether oxygens (including phenoxy) is 2. The first kappa shape index (κ1) is 24.5. The Kier molecular flexibility index (Phi) is 6.10. The van der Waals surface area contributed by atoms with Gasteiger partial charge in [-0.3, -0.25) is 9.89 Å². The van der Waals surface area contributed by atoms with Gasteiger partial charge >= 0.3 is 5.97 Å². The monoisotopic (exact) mass is 514 g/mol. The molecule has 7 rings (SSSR count). The number of H-pyrrole nitrogens is 1. The Labute approximate surface area is 215 Å². The summed E-state index contributed by atoms with van der Waals surface area (Å²) in [5.41, 5.74) is 0.409. The minimum atomic E-state index is -0.700. The van der Waals surface area contributed by atoms with Crippen LogP contribution >= 0.6 is 0 Å². The van der Waals surface area contributed by atoms with Crippen LogP contribution in [0.2, 0.25) is 0 Å². The molecule has 0 amide bonds. The van der Waals surface area contributed by atoms with E-state index in [4.69, 9.17) is 14.5 Å². The van der Waals surface area contributed by atoms with Gasteiger partial charge in [0.1, 0.15) is 11.8 Å². The van der Waals surface area contributed by atoms with Crippen LogP contribution < -0.4 is 10.2 Å². The topological polar surface area (TPSA) is 125 Å². The average Bonchev–Trinajstić information content (AvgIpc) is 3.27. The number of aromatic amines is 1. The normalized spacial score (nSPS) is 34.4. The number of halogens is 1. The summed E-state index contributed by atoms with van der Waals surface area (Å²) in [4.78, 5) is 23.6. The zero-order chi connectivity index (χ0) is 25.9. The van der Waals surface area contributed by atoms with Crippen LogP contribution in [0, 0.1) is 36.4 Å².